The molecule has 1 aromatic rings. The highest BCUT2D eigenvalue weighted by atomic mass is 35.5. The number of hydrogen-bond acceptors (Lipinski definition) is 2. The maximum absolute atomic E-state index is 11.7. The van der Waals surface area contributed by atoms with E-state index in [1.807, 2.05) is 6.07 Å². The first-order valence-electron chi connectivity index (χ1n) is 5.84. The van der Waals surface area contributed by atoms with E-state index in [0.717, 1.165) is 12.1 Å². The summed E-state index contributed by atoms with van der Waals surface area (Å²) >= 11 is 11.7. The van der Waals surface area contributed by atoms with Gasteiger partial charge >= 0.3 is 0 Å². The molecule has 1 fully saturated rings. The maximum atomic E-state index is 11.7. The molecule has 1 aromatic carbocycles. The van der Waals surface area contributed by atoms with Gasteiger partial charge in [0.25, 0.3) is 0 Å². The molecule has 0 unspecified atom stereocenters. The fraction of sp³-hybridized carbons (Fsp3) is 0.462. The first kappa shape index (κ1) is 12.9. The summed E-state index contributed by atoms with van der Waals surface area (Å²) in [5.74, 6) is 0.233. The van der Waals surface area contributed by atoms with Crippen LogP contribution in [0.1, 0.15) is 24.8 Å². The van der Waals surface area contributed by atoms with E-state index >= 15 is 0 Å². The fourth-order valence-corrected chi connectivity index (χ4v) is 1.99. The van der Waals surface area contributed by atoms with Crippen molar-refractivity contribution in [1.82, 2.24) is 5.32 Å². The van der Waals surface area contributed by atoms with E-state index in [-0.39, 0.29) is 5.78 Å². The summed E-state index contributed by atoms with van der Waals surface area (Å²) < 4.78 is 0. The van der Waals surface area contributed by atoms with Crippen molar-refractivity contribution in [3.8, 4) is 0 Å². The van der Waals surface area contributed by atoms with Gasteiger partial charge in [-0.15, -0.1) is 0 Å². The second-order valence-corrected chi connectivity index (χ2v) is 5.26. The van der Waals surface area contributed by atoms with Crippen molar-refractivity contribution in [2.75, 3.05) is 6.54 Å². The van der Waals surface area contributed by atoms with Crippen molar-refractivity contribution >= 4 is 29.0 Å². The molecule has 17 heavy (non-hydrogen) atoms. The number of ketones is 1. The molecule has 0 amide bonds. The lowest BCUT2D eigenvalue weighted by atomic mass is 10.1. The number of nitrogens with one attached hydrogen (secondary N) is 1. The van der Waals surface area contributed by atoms with Gasteiger partial charge < -0.3 is 5.32 Å². The van der Waals surface area contributed by atoms with Crippen molar-refractivity contribution in [3.05, 3.63) is 33.8 Å². The third-order valence-corrected chi connectivity index (χ3v) is 3.54. The Labute approximate surface area is 111 Å². The van der Waals surface area contributed by atoms with Gasteiger partial charge in [-0.1, -0.05) is 29.3 Å². The predicted octanol–water partition coefficient (Wildman–Crippen LogP) is 3.25. The summed E-state index contributed by atoms with van der Waals surface area (Å²) in [6.45, 7) is 0.783. The number of halogens is 2. The van der Waals surface area contributed by atoms with E-state index in [0.29, 0.717) is 28.9 Å². The van der Waals surface area contributed by atoms with Crippen LogP contribution in [0.2, 0.25) is 10.0 Å². The summed E-state index contributed by atoms with van der Waals surface area (Å²) in [7, 11) is 0. The molecule has 0 saturated heterocycles. The van der Waals surface area contributed by atoms with E-state index in [9.17, 15) is 4.79 Å². The van der Waals surface area contributed by atoms with Crippen LogP contribution in [0, 0.1) is 0 Å². The summed E-state index contributed by atoms with van der Waals surface area (Å²) in [6.07, 6.45) is 3.52. The Morgan fingerprint density at radius 2 is 2.06 bits per heavy atom. The second kappa shape index (κ2) is 5.85. The zero-order chi connectivity index (χ0) is 12.3. The second-order valence-electron chi connectivity index (χ2n) is 4.44. The van der Waals surface area contributed by atoms with Crippen molar-refractivity contribution in [1.29, 1.82) is 0 Å². The van der Waals surface area contributed by atoms with Crippen molar-refractivity contribution in [2.45, 2.75) is 31.7 Å². The molecule has 2 rings (SSSR count). The molecule has 0 radical (unpaired) electrons. The third kappa shape index (κ3) is 4.30. The molecule has 0 aliphatic heterocycles. The molecule has 0 spiro atoms. The summed E-state index contributed by atoms with van der Waals surface area (Å²) in [5, 5.41) is 4.36. The molecule has 1 aliphatic rings. The van der Waals surface area contributed by atoms with Gasteiger partial charge in [-0.3, -0.25) is 4.79 Å². The van der Waals surface area contributed by atoms with Crippen molar-refractivity contribution in [2.24, 2.45) is 0 Å². The monoisotopic (exact) mass is 271 g/mol. The molecular formula is C13H15Cl2NO. The normalized spacial score (nSPS) is 14.9. The molecule has 0 atom stereocenters. The Balaban J connectivity index is 1.77. The summed E-state index contributed by atoms with van der Waals surface area (Å²) in [5.41, 5.74) is 0.927. The molecule has 1 N–H and O–H groups in total. The van der Waals surface area contributed by atoms with Crippen LogP contribution in [0.4, 0.5) is 0 Å². The molecule has 0 aromatic heterocycles. The maximum Gasteiger partial charge on any atom is 0.138 e. The highest BCUT2D eigenvalue weighted by molar-refractivity contribution is 6.42. The minimum absolute atomic E-state index is 0.233. The van der Waals surface area contributed by atoms with Crippen LogP contribution in [-0.4, -0.2) is 18.4 Å². The van der Waals surface area contributed by atoms with E-state index in [4.69, 9.17) is 23.2 Å². The Bertz CT molecular complexity index is 416. The average molecular weight is 272 g/mol. The van der Waals surface area contributed by atoms with Crippen molar-refractivity contribution in [3.63, 3.8) is 0 Å². The molecule has 0 bridgehead atoms. The van der Waals surface area contributed by atoms with E-state index in [1.165, 1.54) is 12.8 Å². The standard InChI is InChI=1S/C13H15Cl2NO/c14-12-4-1-9(8-13(12)15)7-11(17)5-6-16-10-2-3-10/h1,4,8,10,16H,2-3,5-7H2. The number of carbonyl (C=O) groups is 1. The predicted molar refractivity (Wildman–Crippen MR) is 70.8 cm³/mol. The molecule has 2 nitrogen and oxygen atoms in total. The number of carbonyl (C=O) groups excluding carboxylic acids is 1. The zero-order valence-corrected chi connectivity index (χ0v) is 11.0. The van der Waals surface area contributed by atoms with Crippen LogP contribution in [0.5, 0.6) is 0 Å². The van der Waals surface area contributed by atoms with Crippen LogP contribution in [0.3, 0.4) is 0 Å². The Hall–Kier alpha value is -0.570. The van der Waals surface area contributed by atoms with Gasteiger partial charge in [0.2, 0.25) is 0 Å². The number of Topliss-reactive ketones (excluding diaryl/α,β-unsaturated/α-hetero) is 1. The Morgan fingerprint density at radius 3 is 2.71 bits per heavy atom. The van der Waals surface area contributed by atoms with E-state index < -0.39 is 0 Å². The molecule has 4 heteroatoms. The molecular weight excluding hydrogens is 257 g/mol. The van der Waals surface area contributed by atoms with Crippen LogP contribution < -0.4 is 5.32 Å². The lowest BCUT2D eigenvalue weighted by Gasteiger charge is -2.04. The van der Waals surface area contributed by atoms with Crippen LogP contribution in [-0.2, 0) is 11.2 Å². The van der Waals surface area contributed by atoms with Gasteiger partial charge in [-0.2, -0.15) is 0 Å². The van der Waals surface area contributed by atoms with Gasteiger partial charge in [0.1, 0.15) is 5.78 Å². The highest BCUT2D eigenvalue weighted by Crippen LogP contribution is 2.23. The van der Waals surface area contributed by atoms with Crippen LogP contribution in [0.15, 0.2) is 18.2 Å². The van der Waals surface area contributed by atoms with Gasteiger partial charge in [-0.05, 0) is 30.5 Å². The minimum atomic E-state index is 0.233. The SMILES string of the molecule is O=C(CCNC1CC1)Cc1ccc(Cl)c(Cl)c1. The van der Waals surface area contributed by atoms with Gasteiger partial charge in [0.05, 0.1) is 10.0 Å². The largest absolute Gasteiger partial charge is 0.314 e. The first-order valence-corrected chi connectivity index (χ1v) is 6.60. The smallest absolute Gasteiger partial charge is 0.138 e. The zero-order valence-electron chi connectivity index (χ0n) is 9.51. The Kier molecular flexibility index (Phi) is 4.43. The van der Waals surface area contributed by atoms with Gasteiger partial charge in [-0.25, -0.2) is 0 Å². The topological polar surface area (TPSA) is 29.1 Å². The summed E-state index contributed by atoms with van der Waals surface area (Å²) in [4.78, 5) is 11.7. The number of rotatable bonds is 6. The molecule has 1 saturated carbocycles. The first-order chi connectivity index (χ1) is 8.15. The van der Waals surface area contributed by atoms with Crippen LogP contribution in [0.25, 0.3) is 0 Å². The lowest BCUT2D eigenvalue weighted by molar-refractivity contribution is -0.118. The van der Waals surface area contributed by atoms with E-state index in [2.05, 4.69) is 5.32 Å². The van der Waals surface area contributed by atoms with Gasteiger partial charge in [0, 0.05) is 25.4 Å². The van der Waals surface area contributed by atoms with Gasteiger partial charge in [0.15, 0.2) is 0 Å². The van der Waals surface area contributed by atoms with Crippen LogP contribution >= 0.6 is 23.2 Å². The fourth-order valence-electron chi connectivity index (χ4n) is 1.67. The quantitative estimate of drug-likeness (QED) is 0.861. The average Bonchev–Trinajstić information content (AvgIpc) is 3.07. The lowest BCUT2D eigenvalue weighted by Crippen LogP contribution is -2.20. The highest BCUT2D eigenvalue weighted by Gasteiger charge is 2.20. The molecule has 1 aliphatic carbocycles. The number of benzene rings is 1. The molecule has 92 valence electrons. The molecule has 0 heterocycles. The number of hydrogen-bond donors (Lipinski definition) is 1. The minimum Gasteiger partial charge on any atom is -0.314 e. The summed E-state index contributed by atoms with van der Waals surface area (Å²) in [6, 6.07) is 6.00. The Morgan fingerprint density at radius 1 is 1.29 bits per heavy atom. The third-order valence-electron chi connectivity index (χ3n) is 2.80. The van der Waals surface area contributed by atoms with Crippen molar-refractivity contribution < 1.29 is 4.79 Å². The van der Waals surface area contributed by atoms with E-state index in [1.54, 1.807) is 12.1 Å².